The van der Waals surface area contributed by atoms with Gasteiger partial charge in [-0.3, -0.25) is 29.5 Å². The third-order valence-corrected chi connectivity index (χ3v) is 13.4. The van der Waals surface area contributed by atoms with Gasteiger partial charge in [0.1, 0.15) is 5.82 Å². The number of allylic oxidation sites excluding steroid dienone is 2. The maximum atomic E-state index is 15.4. The first-order chi connectivity index (χ1) is 27.5. The van der Waals surface area contributed by atoms with Crippen molar-refractivity contribution >= 4 is 74.9 Å². The zero-order valence-electron chi connectivity index (χ0n) is 30.7. The number of phenols is 1. The monoisotopic (exact) mass is 902 g/mol. The van der Waals surface area contributed by atoms with E-state index in [4.69, 9.17) is 21.1 Å². The summed E-state index contributed by atoms with van der Waals surface area (Å²) in [6, 6.07) is 23.0. The highest BCUT2D eigenvalue weighted by Gasteiger charge is 2.70. The van der Waals surface area contributed by atoms with E-state index in [9.17, 15) is 23.9 Å². The number of aromatic hydroxyl groups is 1. The third kappa shape index (κ3) is 5.91. The van der Waals surface area contributed by atoms with E-state index in [-0.39, 0.29) is 36.2 Å². The van der Waals surface area contributed by atoms with Gasteiger partial charge >= 0.3 is 0 Å². The molecule has 2 N–H and O–H groups in total. The number of hydrogen-bond acceptors (Lipinski definition) is 9. The van der Waals surface area contributed by atoms with E-state index in [1.807, 2.05) is 40.8 Å². The molecule has 11 nitrogen and oxygen atoms in total. The molecule has 0 spiro atoms. The highest BCUT2D eigenvalue weighted by molar-refractivity contribution is 14.1. The number of rotatable bonds is 7. The largest absolute Gasteiger partial charge is 0.504 e. The molecular formula is C43H37ClFIN4O7. The molecule has 3 aliphatic heterocycles. The molecule has 4 amide bonds. The normalized spacial score (nSPS) is 26.9. The summed E-state index contributed by atoms with van der Waals surface area (Å²) >= 11 is 8.41. The summed E-state index contributed by atoms with van der Waals surface area (Å²) < 4.78 is 25.5. The van der Waals surface area contributed by atoms with Crippen LogP contribution < -0.4 is 20.0 Å². The number of methoxy groups -OCH3 is 1. The van der Waals surface area contributed by atoms with E-state index in [1.165, 1.54) is 36.3 Å². The molecule has 0 radical (unpaired) electrons. The van der Waals surface area contributed by atoms with Gasteiger partial charge in [0.05, 0.1) is 58.4 Å². The van der Waals surface area contributed by atoms with E-state index in [0.717, 1.165) is 29.4 Å². The first-order valence-electron chi connectivity index (χ1n) is 18.8. The number of imide groups is 2. The fraction of sp³-hybridized carbons (Fsp3) is 0.302. The standard InChI is InChI=1S/C43H37ClFIN4O7/c1-56-35-21-23(20-34(46)38(35)51)37-30-14-15-31-36(41(54)49(39(31)52)29-12-10-28(11-13-29)48-16-18-57-19-17-48)32(30)22-33-40(53)50(47-27-8-6-26(45)7-9-27)42(55)43(33,37)24-2-4-25(44)5-3-24/h2-14,20-21,31-33,36-37,47,51H,15-19,22H2,1H3. The minimum absolute atomic E-state index is 0.0794. The van der Waals surface area contributed by atoms with Crippen LogP contribution in [-0.2, 0) is 29.3 Å². The highest BCUT2D eigenvalue weighted by Crippen LogP contribution is 2.64. The molecule has 5 aliphatic rings. The molecule has 4 aromatic carbocycles. The maximum absolute atomic E-state index is 15.4. The van der Waals surface area contributed by atoms with Gasteiger partial charge in [0, 0.05) is 29.7 Å². The predicted octanol–water partition coefficient (Wildman–Crippen LogP) is 6.82. The Balaban J connectivity index is 1.18. The first kappa shape index (κ1) is 37.6. The van der Waals surface area contributed by atoms with Crippen LogP contribution >= 0.6 is 34.2 Å². The third-order valence-electron chi connectivity index (χ3n) is 12.3. The lowest BCUT2D eigenvalue weighted by Crippen LogP contribution is -2.53. The molecule has 292 valence electrons. The lowest BCUT2D eigenvalue weighted by atomic mass is 9.49. The van der Waals surface area contributed by atoms with Crippen molar-refractivity contribution in [1.82, 2.24) is 5.01 Å². The molecule has 6 unspecified atom stereocenters. The predicted molar refractivity (Wildman–Crippen MR) is 218 cm³/mol. The molecule has 6 atom stereocenters. The van der Waals surface area contributed by atoms with Gasteiger partial charge in [0.15, 0.2) is 11.5 Å². The van der Waals surface area contributed by atoms with E-state index in [1.54, 1.807) is 48.5 Å². The lowest BCUT2D eigenvalue weighted by molar-refractivity contribution is -0.138. The molecule has 2 aliphatic carbocycles. The Morgan fingerprint density at radius 2 is 1.58 bits per heavy atom. The van der Waals surface area contributed by atoms with E-state index in [0.29, 0.717) is 44.3 Å². The Hall–Kier alpha value is -4.99. The molecular weight excluding hydrogens is 866 g/mol. The average Bonchev–Trinajstić information content (AvgIpc) is 3.60. The highest BCUT2D eigenvalue weighted by atomic mass is 127. The fourth-order valence-corrected chi connectivity index (χ4v) is 10.6. The number of carbonyl (C=O) groups is 4. The molecule has 3 saturated heterocycles. The summed E-state index contributed by atoms with van der Waals surface area (Å²) in [6.45, 7) is 2.73. The van der Waals surface area contributed by atoms with Crippen LogP contribution in [0.15, 0.2) is 96.6 Å². The number of carbonyl (C=O) groups excluding carboxylic acids is 4. The summed E-state index contributed by atoms with van der Waals surface area (Å²) in [5.41, 5.74) is 5.02. The van der Waals surface area contributed by atoms with Crippen LogP contribution in [0.25, 0.3) is 0 Å². The van der Waals surface area contributed by atoms with Crippen molar-refractivity contribution in [2.75, 3.05) is 48.6 Å². The quantitative estimate of drug-likeness (QED) is 0.117. The van der Waals surface area contributed by atoms with Crippen molar-refractivity contribution in [1.29, 1.82) is 0 Å². The molecule has 14 heteroatoms. The van der Waals surface area contributed by atoms with Crippen molar-refractivity contribution in [3.63, 3.8) is 0 Å². The number of anilines is 3. The molecule has 3 heterocycles. The number of nitrogens with one attached hydrogen (secondary N) is 1. The number of morpholine rings is 1. The Kier molecular flexibility index (Phi) is 9.52. The van der Waals surface area contributed by atoms with Gasteiger partial charge < -0.3 is 19.5 Å². The first-order valence-corrected chi connectivity index (χ1v) is 20.2. The van der Waals surface area contributed by atoms with Gasteiger partial charge in [0.2, 0.25) is 11.8 Å². The zero-order valence-corrected chi connectivity index (χ0v) is 33.6. The number of nitrogens with zero attached hydrogens (tertiary/aromatic N) is 3. The van der Waals surface area contributed by atoms with Gasteiger partial charge in [0.25, 0.3) is 11.8 Å². The minimum atomic E-state index is -1.57. The van der Waals surface area contributed by atoms with Crippen molar-refractivity contribution < 1.29 is 38.1 Å². The van der Waals surface area contributed by atoms with Crippen LogP contribution in [-0.4, -0.2) is 67.2 Å². The summed E-state index contributed by atoms with van der Waals surface area (Å²) in [5, 5.41) is 12.4. The van der Waals surface area contributed by atoms with Crippen LogP contribution in [0.2, 0.25) is 5.02 Å². The van der Waals surface area contributed by atoms with Crippen molar-refractivity contribution in [2.24, 2.45) is 23.7 Å². The van der Waals surface area contributed by atoms with E-state index < -0.39 is 52.6 Å². The second-order valence-corrected chi connectivity index (χ2v) is 16.7. The molecule has 0 bridgehead atoms. The second kappa shape index (κ2) is 14.4. The number of fused-ring (bicyclic) bond motifs is 4. The smallest absolute Gasteiger partial charge is 0.260 e. The molecule has 4 fully saturated rings. The number of ether oxygens (including phenoxy) is 2. The van der Waals surface area contributed by atoms with E-state index in [2.05, 4.69) is 10.3 Å². The Bertz CT molecular complexity index is 2340. The summed E-state index contributed by atoms with van der Waals surface area (Å²) in [4.78, 5) is 62.9. The van der Waals surface area contributed by atoms with Crippen LogP contribution in [0.5, 0.6) is 11.5 Å². The van der Waals surface area contributed by atoms with Crippen LogP contribution in [0.4, 0.5) is 21.5 Å². The van der Waals surface area contributed by atoms with Crippen molar-refractivity contribution in [3.05, 3.63) is 122 Å². The summed E-state index contributed by atoms with van der Waals surface area (Å²) in [7, 11) is 1.43. The molecule has 0 aromatic heterocycles. The molecule has 1 saturated carbocycles. The average molecular weight is 903 g/mol. The van der Waals surface area contributed by atoms with E-state index >= 15 is 4.79 Å². The lowest BCUT2D eigenvalue weighted by Gasteiger charge is -2.50. The van der Waals surface area contributed by atoms with Gasteiger partial charge in [-0.15, -0.1) is 0 Å². The van der Waals surface area contributed by atoms with Crippen LogP contribution in [0.1, 0.15) is 29.9 Å². The molecule has 4 aromatic rings. The number of benzene rings is 4. The Morgan fingerprint density at radius 3 is 2.26 bits per heavy atom. The number of halogens is 3. The zero-order chi connectivity index (χ0) is 39.7. The second-order valence-electron chi connectivity index (χ2n) is 15.1. The number of hydrazine groups is 1. The SMILES string of the molecule is COc1cc(C2C3=CCC4C(=O)N(c5ccc(N6CCOCC6)cc5)C(=O)C4C3CC3C(=O)N(Nc4ccc(F)cc4)C(=O)C32c2ccc(Cl)cc2)cc(I)c1O. The van der Waals surface area contributed by atoms with Crippen molar-refractivity contribution in [2.45, 2.75) is 24.2 Å². The summed E-state index contributed by atoms with van der Waals surface area (Å²) in [6.07, 6.45) is 2.31. The van der Waals surface area contributed by atoms with Gasteiger partial charge in [-0.2, -0.15) is 5.01 Å². The van der Waals surface area contributed by atoms with Crippen LogP contribution in [0.3, 0.4) is 0 Å². The fourth-order valence-electron chi connectivity index (χ4n) is 9.83. The Morgan fingerprint density at radius 1 is 0.895 bits per heavy atom. The minimum Gasteiger partial charge on any atom is -0.504 e. The molecule has 57 heavy (non-hydrogen) atoms. The van der Waals surface area contributed by atoms with Gasteiger partial charge in [-0.05, 0) is 125 Å². The van der Waals surface area contributed by atoms with Gasteiger partial charge in [-0.1, -0.05) is 35.4 Å². The number of amides is 4. The van der Waals surface area contributed by atoms with Crippen molar-refractivity contribution in [3.8, 4) is 11.5 Å². The number of hydrogen-bond donors (Lipinski definition) is 2. The maximum Gasteiger partial charge on any atom is 0.260 e. The Labute approximate surface area is 346 Å². The molecule has 9 rings (SSSR count). The summed E-state index contributed by atoms with van der Waals surface area (Å²) in [5.74, 6) is -6.08. The van der Waals surface area contributed by atoms with Crippen LogP contribution in [0, 0.1) is 33.1 Å². The van der Waals surface area contributed by atoms with Gasteiger partial charge in [-0.25, -0.2) is 4.39 Å². The topological polar surface area (TPSA) is 129 Å². The number of phenolic OH excluding ortho intramolecular Hbond substituents is 1.